The maximum Gasteiger partial charge on any atom is 0.0135 e. The second kappa shape index (κ2) is 5.66. The maximum atomic E-state index is 3.71. The molecule has 1 N–H and O–H groups in total. The van der Waals surface area contributed by atoms with Crippen LogP contribution in [0.25, 0.3) is 0 Å². The first-order valence-corrected chi connectivity index (χ1v) is 7.89. The number of hydrogen-bond acceptors (Lipinski definition) is 1. The Morgan fingerprint density at radius 2 is 1.84 bits per heavy atom. The predicted molar refractivity (Wildman–Crippen MR) is 83.8 cm³/mol. The van der Waals surface area contributed by atoms with E-state index in [0.29, 0.717) is 11.5 Å². The van der Waals surface area contributed by atoms with Crippen LogP contribution in [0.5, 0.6) is 0 Å². The topological polar surface area (TPSA) is 12.0 Å². The standard InChI is InChI=1S/C18H29N/c1-6-18(7-2)16(12-17(18)19-8-3)15-11-13(4)9-10-14(15)5/h9-11,16-17,19H,6-8,12H2,1-5H3. The Morgan fingerprint density at radius 1 is 1.16 bits per heavy atom. The lowest BCUT2D eigenvalue weighted by molar-refractivity contribution is 0.0207. The highest BCUT2D eigenvalue weighted by atomic mass is 15.0. The first kappa shape index (κ1) is 14.6. The van der Waals surface area contributed by atoms with Gasteiger partial charge in [-0.1, -0.05) is 44.5 Å². The summed E-state index contributed by atoms with van der Waals surface area (Å²) in [5.41, 5.74) is 4.93. The van der Waals surface area contributed by atoms with Gasteiger partial charge >= 0.3 is 0 Å². The van der Waals surface area contributed by atoms with Crippen molar-refractivity contribution in [1.29, 1.82) is 0 Å². The lowest BCUT2D eigenvalue weighted by atomic mass is 9.51. The molecule has 1 aromatic rings. The number of nitrogens with one attached hydrogen (secondary N) is 1. The lowest BCUT2D eigenvalue weighted by Crippen LogP contribution is -2.58. The molecule has 0 amide bonds. The SMILES string of the molecule is CCNC1CC(c2cc(C)ccc2C)C1(CC)CC. The number of hydrogen-bond donors (Lipinski definition) is 1. The summed E-state index contributed by atoms with van der Waals surface area (Å²) in [4.78, 5) is 0. The second-order valence-electron chi connectivity index (χ2n) is 6.20. The lowest BCUT2D eigenvalue weighted by Gasteiger charge is -2.57. The minimum atomic E-state index is 0.467. The fourth-order valence-corrected chi connectivity index (χ4v) is 4.13. The van der Waals surface area contributed by atoms with Gasteiger partial charge in [-0.15, -0.1) is 0 Å². The van der Waals surface area contributed by atoms with Gasteiger partial charge in [0.2, 0.25) is 0 Å². The van der Waals surface area contributed by atoms with Gasteiger partial charge in [0.25, 0.3) is 0 Å². The molecule has 106 valence electrons. The van der Waals surface area contributed by atoms with Crippen LogP contribution in [-0.2, 0) is 0 Å². The van der Waals surface area contributed by atoms with Gasteiger partial charge < -0.3 is 5.32 Å². The van der Waals surface area contributed by atoms with E-state index < -0.39 is 0 Å². The minimum absolute atomic E-state index is 0.467. The van der Waals surface area contributed by atoms with E-state index in [1.807, 2.05) is 0 Å². The van der Waals surface area contributed by atoms with Gasteiger partial charge in [0, 0.05) is 6.04 Å². The summed E-state index contributed by atoms with van der Waals surface area (Å²) in [7, 11) is 0. The van der Waals surface area contributed by atoms with Crippen LogP contribution in [0.2, 0.25) is 0 Å². The molecule has 0 saturated heterocycles. The summed E-state index contributed by atoms with van der Waals surface area (Å²) < 4.78 is 0. The number of aryl methyl sites for hydroxylation is 2. The van der Waals surface area contributed by atoms with Crippen LogP contribution in [0.3, 0.4) is 0 Å². The van der Waals surface area contributed by atoms with E-state index in [1.54, 1.807) is 5.56 Å². The zero-order valence-corrected chi connectivity index (χ0v) is 13.2. The van der Waals surface area contributed by atoms with Gasteiger partial charge in [0.1, 0.15) is 0 Å². The van der Waals surface area contributed by atoms with Crippen molar-refractivity contribution in [1.82, 2.24) is 5.32 Å². The Labute approximate surface area is 118 Å². The molecule has 1 heteroatoms. The third-order valence-electron chi connectivity index (χ3n) is 5.44. The Balaban J connectivity index is 2.32. The summed E-state index contributed by atoms with van der Waals surface area (Å²) in [5, 5.41) is 3.71. The number of rotatable bonds is 5. The van der Waals surface area contributed by atoms with E-state index in [0.717, 1.165) is 12.5 Å². The Kier molecular flexibility index (Phi) is 4.35. The Hall–Kier alpha value is -0.820. The van der Waals surface area contributed by atoms with E-state index in [-0.39, 0.29) is 0 Å². The largest absolute Gasteiger partial charge is 0.314 e. The Morgan fingerprint density at radius 3 is 2.42 bits per heavy atom. The van der Waals surface area contributed by atoms with E-state index in [2.05, 4.69) is 58.1 Å². The average Bonchev–Trinajstić information content (AvgIpc) is 2.39. The molecule has 0 heterocycles. The molecule has 0 aliphatic heterocycles. The summed E-state index contributed by atoms with van der Waals surface area (Å²) >= 11 is 0. The highest BCUT2D eigenvalue weighted by Gasteiger charge is 2.52. The number of benzene rings is 1. The van der Waals surface area contributed by atoms with Crippen molar-refractivity contribution in [3.05, 3.63) is 34.9 Å². The molecule has 1 aliphatic rings. The van der Waals surface area contributed by atoms with Gasteiger partial charge in [-0.3, -0.25) is 0 Å². The van der Waals surface area contributed by atoms with Gasteiger partial charge in [-0.25, -0.2) is 0 Å². The molecule has 0 aromatic heterocycles. The summed E-state index contributed by atoms with van der Waals surface area (Å²) in [6, 6.07) is 7.65. The molecule has 2 rings (SSSR count). The van der Waals surface area contributed by atoms with Crippen molar-refractivity contribution in [2.75, 3.05) is 6.54 Å². The third-order valence-corrected chi connectivity index (χ3v) is 5.44. The van der Waals surface area contributed by atoms with Crippen LogP contribution >= 0.6 is 0 Å². The fourth-order valence-electron chi connectivity index (χ4n) is 4.13. The van der Waals surface area contributed by atoms with E-state index in [9.17, 15) is 0 Å². The molecule has 19 heavy (non-hydrogen) atoms. The molecule has 0 spiro atoms. The molecule has 2 unspecified atom stereocenters. The van der Waals surface area contributed by atoms with Gasteiger partial charge in [-0.2, -0.15) is 0 Å². The molecule has 2 atom stereocenters. The third kappa shape index (κ3) is 2.33. The zero-order valence-electron chi connectivity index (χ0n) is 13.2. The van der Waals surface area contributed by atoms with Crippen molar-refractivity contribution in [3.8, 4) is 0 Å². The Bertz CT molecular complexity index is 431. The van der Waals surface area contributed by atoms with E-state index >= 15 is 0 Å². The average molecular weight is 259 g/mol. The monoisotopic (exact) mass is 259 g/mol. The van der Waals surface area contributed by atoms with Crippen LogP contribution in [0.15, 0.2) is 18.2 Å². The summed E-state index contributed by atoms with van der Waals surface area (Å²) in [6.07, 6.45) is 3.86. The second-order valence-corrected chi connectivity index (χ2v) is 6.20. The van der Waals surface area contributed by atoms with Crippen LogP contribution in [0, 0.1) is 19.3 Å². The zero-order chi connectivity index (χ0) is 14.0. The molecular formula is C18H29N. The van der Waals surface area contributed by atoms with Gasteiger partial charge in [-0.05, 0) is 62.1 Å². The minimum Gasteiger partial charge on any atom is -0.314 e. The van der Waals surface area contributed by atoms with E-state index in [1.165, 1.54) is 30.4 Å². The predicted octanol–water partition coefficient (Wildman–Crippen LogP) is 4.58. The molecule has 1 aromatic carbocycles. The molecule has 0 bridgehead atoms. The van der Waals surface area contributed by atoms with Crippen molar-refractivity contribution < 1.29 is 0 Å². The fraction of sp³-hybridized carbons (Fsp3) is 0.667. The van der Waals surface area contributed by atoms with Crippen molar-refractivity contribution in [2.24, 2.45) is 5.41 Å². The quantitative estimate of drug-likeness (QED) is 0.816. The highest BCUT2D eigenvalue weighted by molar-refractivity contribution is 5.37. The molecular weight excluding hydrogens is 230 g/mol. The molecule has 0 radical (unpaired) electrons. The molecule has 1 saturated carbocycles. The van der Waals surface area contributed by atoms with Crippen molar-refractivity contribution in [2.45, 2.75) is 65.8 Å². The van der Waals surface area contributed by atoms with Crippen LogP contribution in [0.1, 0.15) is 62.6 Å². The van der Waals surface area contributed by atoms with Crippen molar-refractivity contribution >= 4 is 0 Å². The molecule has 1 fully saturated rings. The van der Waals surface area contributed by atoms with E-state index in [4.69, 9.17) is 0 Å². The van der Waals surface area contributed by atoms with Gasteiger partial charge in [0.05, 0.1) is 0 Å². The molecule has 1 nitrogen and oxygen atoms in total. The van der Waals surface area contributed by atoms with Crippen LogP contribution < -0.4 is 5.32 Å². The van der Waals surface area contributed by atoms with Crippen molar-refractivity contribution in [3.63, 3.8) is 0 Å². The van der Waals surface area contributed by atoms with Crippen LogP contribution in [0.4, 0.5) is 0 Å². The first-order chi connectivity index (χ1) is 9.08. The molecule has 1 aliphatic carbocycles. The maximum absolute atomic E-state index is 3.71. The normalized spacial score (nSPS) is 25.1. The highest BCUT2D eigenvalue weighted by Crippen LogP contribution is 2.57. The van der Waals surface area contributed by atoms with Gasteiger partial charge in [0.15, 0.2) is 0 Å². The van der Waals surface area contributed by atoms with Crippen LogP contribution in [-0.4, -0.2) is 12.6 Å². The summed E-state index contributed by atoms with van der Waals surface area (Å²) in [5.74, 6) is 0.742. The smallest absolute Gasteiger partial charge is 0.0135 e. The first-order valence-electron chi connectivity index (χ1n) is 7.89. The summed E-state index contributed by atoms with van der Waals surface area (Å²) in [6.45, 7) is 12.5.